The maximum Gasteiger partial charge on any atom is 0.408 e. The fourth-order valence-electron chi connectivity index (χ4n) is 2.50. The molecule has 1 atom stereocenters. The third-order valence-electron chi connectivity index (χ3n) is 3.99. The van der Waals surface area contributed by atoms with Gasteiger partial charge in [0.05, 0.1) is 6.61 Å². The van der Waals surface area contributed by atoms with E-state index in [1.165, 1.54) is 0 Å². The van der Waals surface area contributed by atoms with Crippen molar-refractivity contribution in [2.24, 2.45) is 0 Å². The van der Waals surface area contributed by atoms with Crippen LogP contribution >= 0.6 is 0 Å². The quantitative estimate of drug-likeness (QED) is 0.497. The first-order valence-electron chi connectivity index (χ1n) is 9.32. The molecule has 0 spiro atoms. The van der Waals surface area contributed by atoms with E-state index in [2.05, 4.69) is 5.32 Å². The summed E-state index contributed by atoms with van der Waals surface area (Å²) < 4.78 is 10.3. The van der Waals surface area contributed by atoms with Crippen molar-refractivity contribution in [3.05, 3.63) is 71.8 Å². The van der Waals surface area contributed by atoms with Gasteiger partial charge >= 0.3 is 12.1 Å². The van der Waals surface area contributed by atoms with Crippen LogP contribution in [-0.2, 0) is 20.9 Å². The average molecular weight is 383 g/mol. The van der Waals surface area contributed by atoms with E-state index in [0.29, 0.717) is 12.0 Å². The lowest BCUT2D eigenvalue weighted by Crippen LogP contribution is -2.42. The molecule has 0 aliphatic rings. The number of hydrogen-bond donors (Lipinski definition) is 1. The third kappa shape index (κ3) is 7.23. The van der Waals surface area contributed by atoms with E-state index >= 15 is 0 Å². The Morgan fingerprint density at radius 2 is 1.57 bits per heavy atom. The molecule has 0 aromatic heterocycles. The molecule has 2 aromatic rings. The van der Waals surface area contributed by atoms with Gasteiger partial charge in [0.2, 0.25) is 0 Å². The molecule has 6 heteroatoms. The minimum atomic E-state index is -0.942. The summed E-state index contributed by atoms with van der Waals surface area (Å²) in [6, 6.07) is 17.1. The van der Waals surface area contributed by atoms with Gasteiger partial charge < -0.3 is 14.8 Å². The van der Waals surface area contributed by atoms with Gasteiger partial charge in [0.25, 0.3) is 0 Å². The van der Waals surface area contributed by atoms with E-state index in [4.69, 9.17) is 9.47 Å². The van der Waals surface area contributed by atoms with E-state index in [-0.39, 0.29) is 31.8 Å². The zero-order chi connectivity index (χ0) is 20.2. The number of nitrogens with one attached hydrogen (secondary N) is 1. The van der Waals surface area contributed by atoms with Crippen LogP contribution in [0.3, 0.4) is 0 Å². The predicted molar refractivity (Wildman–Crippen MR) is 105 cm³/mol. The van der Waals surface area contributed by atoms with Crippen molar-refractivity contribution >= 4 is 17.8 Å². The van der Waals surface area contributed by atoms with Gasteiger partial charge in [-0.25, -0.2) is 9.59 Å². The molecular weight excluding hydrogens is 358 g/mol. The SMILES string of the molecule is CCCOC(=O)C(CCC(=O)c1ccccc1)NC(=O)OCc1ccccc1. The number of esters is 1. The Bertz CT molecular complexity index is 761. The summed E-state index contributed by atoms with van der Waals surface area (Å²) in [5, 5.41) is 2.51. The van der Waals surface area contributed by atoms with Crippen molar-refractivity contribution in [3.8, 4) is 0 Å². The minimum Gasteiger partial charge on any atom is -0.464 e. The van der Waals surface area contributed by atoms with Gasteiger partial charge in [-0.05, 0) is 18.4 Å². The van der Waals surface area contributed by atoms with Crippen molar-refractivity contribution in [1.29, 1.82) is 0 Å². The Balaban J connectivity index is 1.91. The number of rotatable bonds is 10. The van der Waals surface area contributed by atoms with Crippen LogP contribution in [-0.4, -0.2) is 30.5 Å². The lowest BCUT2D eigenvalue weighted by Gasteiger charge is -2.17. The molecule has 1 unspecified atom stereocenters. The molecule has 0 heterocycles. The molecule has 1 amide bonds. The molecule has 0 bridgehead atoms. The maximum absolute atomic E-state index is 12.3. The molecule has 28 heavy (non-hydrogen) atoms. The molecule has 2 aromatic carbocycles. The van der Waals surface area contributed by atoms with Gasteiger partial charge in [-0.15, -0.1) is 0 Å². The number of hydrogen-bond acceptors (Lipinski definition) is 5. The Morgan fingerprint density at radius 3 is 2.21 bits per heavy atom. The van der Waals surface area contributed by atoms with Gasteiger partial charge in [-0.2, -0.15) is 0 Å². The number of benzene rings is 2. The second-order valence-corrected chi connectivity index (χ2v) is 6.25. The summed E-state index contributed by atoms with van der Waals surface area (Å²) in [6.07, 6.45) is 0.181. The van der Waals surface area contributed by atoms with Crippen LogP contribution in [0.2, 0.25) is 0 Å². The van der Waals surface area contributed by atoms with Crippen molar-refractivity contribution in [1.82, 2.24) is 5.32 Å². The van der Waals surface area contributed by atoms with Crippen molar-refractivity contribution < 1.29 is 23.9 Å². The second kappa shape index (κ2) is 11.5. The molecule has 0 aliphatic carbocycles. The molecule has 0 fully saturated rings. The number of ketones is 1. The maximum atomic E-state index is 12.3. The molecule has 0 radical (unpaired) electrons. The van der Waals surface area contributed by atoms with E-state index in [0.717, 1.165) is 5.56 Å². The second-order valence-electron chi connectivity index (χ2n) is 6.25. The number of carbonyl (C=O) groups is 3. The summed E-state index contributed by atoms with van der Waals surface area (Å²) in [6.45, 7) is 2.22. The van der Waals surface area contributed by atoms with Gasteiger partial charge in [0.1, 0.15) is 12.6 Å². The van der Waals surface area contributed by atoms with Crippen LogP contribution in [0.5, 0.6) is 0 Å². The first kappa shape index (κ1) is 21.2. The third-order valence-corrected chi connectivity index (χ3v) is 3.99. The zero-order valence-electron chi connectivity index (χ0n) is 15.9. The van der Waals surface area contributed by atoms with Gasteiger partial charge in [0.15, 0.2) is 5.78 Å². The molecule has 0 saturated carbocycles. The molecule has 148 valence electrons. The summed E-state index contributed by atoms with van der Waals surface area (Å²) in [5.41, 5.74) is 1.40. The van der Waals surface area contributed by atoms with E-state index < -0.39 is 18.1 Å². The highest BCUT2D eigenvalue weighted by Gasteiger charge is 2.24. The van der Waals surface area contributed by atoms with Crippen LogP contribution in [0.1, 0.15) is 42.1 Å². The zero-order valence-corrected chi connectivity index (χ0v) is 15.9. The standard InChI is InChI=1S/C22H25NO5/c1-2-15-27-21(25)19(13-14-20(24)18-11-7-4-8-12-18)23-22(26)28-16-17-9-5-3-6-10-17/h3-12,19H,2,13-16H2,1H3,(H,23,26). The van der Waals surface area contributed by atoms with Gasteiger partial charge in [-0.1, -0.05) is 67.6 Å². The lowest BCUT2D eigenvalue weighted by molar-refractivity contribution is -0.146. The van der Waals surface area contributed by atoms with E-state index in [1.54, 1.807) is 24.3 Å². The molecule has 2 rings (SSSR count). The molecule has 0 saturated heterocycles. The Hall–Kier alpha value is -3.15. The van der Waals surface area contributed by atoms with Crippen LogP contribution in [0, 0.1) is 0 Å². The number of alkyl carbamates (subject to hydrolysis) is 1. The van der Waals surface area contributed by atoms with Crippen molar-refractivity contribution in [3.63, 3.8) is 0 Å². The number of carbonyl (C=O) groups excluding carboxylic acids is 3. The summed E-state index contributed by atoms with van der Waals surface area (Å²) >= 11 is 0. The molecule has 1 N–H and O–H groups in total. The Kier molecular flexibility index (Phi) is 8.72. The van der Waals surface area contributed by atoms with Gasteiger partial charge in [0, 0.05) is 12.0 Å². The van der Waals surface area contributed by atoms with Gasteiger partial charge in [-0.3, -0.25) is 4.79 Å². The monoisotopic (exact) mass is 383 g/mol. The first-order chi connectivity index (χ1) is 13.6. The Labute approximate surface area is 164 Å². The lowest BCUT2D eigenvalue weighted by atomic mass is 10.0. The summed E-state index contributed by atoms with van der Waals surface area (Å²) in [5.74, 6) is -0.673. The number of amides is 1. The molecular formula is C22H25NO5. The summed E-state index contributed by atoms with van der Waals surface area (Å²) in [4.78, 5) is 36.6. The van der Waals surface area contributed by atoms with Crippen LogP contribution < -0.4 is 5.32 Å². The Morgan fingerprint density at radius 1 is 0.929 bits per heavy atom. The van der Waals surface area contributed by atoms with E-state index in [9.17, 15) is 14.4 Å². The average Bonchev–Trinajstić information content (AvgIpc) is 2.74. The highest BCUT2D eigenvalue weighted by atomic mass is 16.6. The fourth-order valence-corrected chi connectivity index (χ4v) is 2.50. The fraction of sp³-hybridized carbons (Fsp3) is 0.318. The van der Waals surface area contributed by atoms with Crippen LogP contribution in [0.25, 0.3) is 0 Å². The number of Topliss-reactive ketones (excluding diaryl/α,β-unsaturated/α-hetero) is 1. The topological polar surface area (TPSA) is 81.7 Å². The highest BCUT2D eigenvalue weighted by molar-refractivity contribution is 5.96. The van der Waals surface area contributed by atoms with Crippen molar-refractivity contribution in [2.75, 3.05) is 6.61 Å². The largest absolute Gasteiger partial charge is 0.464 e. The molecule has 6 nitrogen and oxygen atoms in total. The van der Waals surface area contributed by atoms with Crippen LogP contribution in [0.15, 0.2) is 60.7 Å². The molecule has 0 aliphatic heterocycles. The van der Waals surface area contributed by atoms with Crippen LogP contribution in [0.4, 0.5) is 4.79 Å². The van der Waals surface area contributed by atoms with E-state index in [1.807, 2.05) is 43.3 Å². The predicted octanol–water partition coefficient (Wildman–Crippen LogP) is 3.90. The van der Waals surface area contributed by atoms with Crippen molar-refractivity contribution in [2.45, 2.75) is 38.8 Å². The first-order valence-corrected chi connectivity index (χ1v) is 9.32. The normalized spacial score (nSPS) is 11.3. The highest BCUT2D eigenvalue weighted by Crippen LogP contribution is 2.09. The smallest absolute Gasteiger partial charge is 0.408 e. The summed E-state index contributed by atoms with van der Waals surface area (Å²) in [7, 11) is 0. The number of ether oxygens (including phenoxy) is 2. The minimum absolute atomic E-state index is 0.0896.